The molecule has 0 saturated carbocycles. The largest absolute Gasteiger partial charge is 0.334 e. The zero-order valence-electron chi connectivity index (χ0n) is 15.9. The smallest absolute Gasteiger partial charge is 0.0584 e. The first-order valence-corrected chi connectivity index (χ1v) is 9.71. The highest BCUT2D eigenvalue weighted by Gasteiger charge is 2.31. The molecule has 2 heteroatoms. The Kier molecular flexibility index (Phi) is 4.10. The third kappa shape index (κ3) is 2.74. The Balaban J connectivity index is 1.52. The molecule has 0 aromatic heterocycles. The van der Waals surface area contributed by atoms with Gasteiger partial charge >= 0.3 is 0 Å². The van der Waals surface area contributed by atoms with E-state index in [2.05, 4.69) is 126 Å². The molecule has 0 N–H and O–H groups in total. The Hall–Kier alpha value is -3.52. The van der Waals surface area contributed by atoms with Crippen LogP contribution in [0.5, 0.6) is 0 Å². The Labute approximate surface area is 166 Å². The minimum absolute atomic E-state index is 0.418. The maximum absolute atomic E-state index is 2.40. The van der Waals surface area contributed by atoms with Crippen molar-refractivity contribution in [1.29, 1.82) is 0 Å². The van der Waals surface area contributed by atoms with Crippen LogP contribution in [0.2, 0.25) is 0 Å². The SMILES string of the molecule is C[C@@H]1c2ccccc2N1c1ccc(N(c2ccccc2)c2ccccc2)cc1. The summed E-state index contributed by atoms with van der Waals surface area (Å²) in [7, 11) is 0. The normalized spacial score (nSPS) is 14.9. The van der Waals surface area contributed by atoms with E-state index in [-0.39, 0.29) is 0 Å². The summed E-state index contributed by atoms with van der Waals surface area (Å²) in [6.07, 6.45) is 0. The van der Waals surface area contributed by atoms with Gasteiger partial charge in [-0.3, -0.25) is 0 Å². The number of rotatable bonds is 4. The first kappa shape index (κ1) is 16.6. The zero-order valence-corrected chi connectivity index (χ0v) is 15.9. The summed E-state index contributed by atoms with van der Waals surface area (Å²) >= 11 is 0. The van der Waals surface area contributed by atoms with Gasteiger partial charge in [-0.05, 0) is 67.1 Å². The zero-order chi connectivity index (χ0) is 18.9. The number of hydrogen-bond acceptors (Lipinski definition) is 2. The molecule has 0 amide bonds. The van der Waals surface area contributed by atoms with Gasteiger partial charge in [-0.2, -0.15) is 0 Å². The summed E-state index contributed by atoms with van der Waals surface area (Å²) in [4.78, 5) is 4.69. The van der Waals surface area contributed by atoms with Gasteiger partial charge < -0.3 is 9.80 Å². The van der Waals surface area contributed by atoms with E-state index in [1.54, 1.807) is 0 Å². The number of anilines is 5. The molecule has 0 radical (unpaired) electrons. The van der Waals surface area contributed by atoms with E-state index in [9.17, 15) is 0 Å². The van der Waals surface area contributed by atoms with Crippen molar-refractivity contribution in [3.05, 3.63) is 115 Å². The average molecular weight is 362 g/mol. The van der Waals surface area contributed by atoms with Crippen LogP contribution in [0.3, 0.4) is 0 Å². The lowest BCUT2D eigenvalue weighted by molar-refractivity contribution is 0.704. The van der Waals surface area contributed by atoms with Gasteiger partial charge in [-0.1, -0.05) is 54.6 Å². The van der Waals surface area contributed by atoms with Crippen molar-refractivity contribution in [3.63, 3.8) is 0 Å². The fourth-order valence-electron chi connectivity index (χ4n) is 4.07. The van der Waals surface area contributed by atoms with E-state index in [1.807, 2.05) is 0 Å². The summed E-state index contributed by atoms with van der Waals surface area (Å²) in [6.45, 7) is 2.26. The predicted molar refractivity (Wildman–Crippen MR) is 118 cm³/mol. The van der Waals surface area contributed by atoms with E-state index < -0.39 is 0 Å². The van der Waals surface area contributed by atoms with Crippen LogP contribution in [0.1, 0.15) is 18.5 Å². The Morgan fingerprint density at radius 1 is 0.571 bits per heavy atom. The van der Waals surface area contributed by atoms with Crippen molar-refractivity contribution < 1.29 is 0 Å². The third-order valence-corrected chi connectivity index (χ3v) is 5.45. The topological polar surface area (TPSA) is 6.48 Å². The van der Waals surface area contributed by atoms with Crippen molar-refractivity contribution in [2.75, 3.05) is 9.80 Å². The Bertz CT molecular complexity index is 1030. The van der Waals surface area contributed by atoms with Crippen molar-refractivity contribution in [3.8, 4) is 0 Å². The molecule has 5 rings (SSSR count). The van der Waals surface area contributed by atoms with Gasteiger partial charge in [0.25, 0.3) is 0 Å². The van der Waals surface area contributed by atoms with Gasteiger partial charge in [0.1, 0.15) is 0 Å². The molecule has 0 fully saturated rings. The average Bonchev–Trinajstić information content (AvgIpc) is 2.76. The third-order valence-electron chi connectivity index (χ3n) is 5.45. The molecular weight excluding hydrogens is 340 g/mol. The maximum Gasteiger partial charge on any atom is 0.0584 e. The molecule has 4 aromatic rings. The molecule has 0 bridgehead atoms. The van der Waals surface area contributed by atoms with Crippen LogP contribution in [0, 0.1) is 0 Å². The molecule has 28 heavy (non-hydrogen) atoms. The second-order valence-corrected chi connectivity index (χ2v) is 7.13. The lowest BCUT2D eigenvalue weighted by Crippen LogP contribution is -2.31. The number of benzene rings is 4. The number of para-hydroxylation sites is 3. The monoisotopic (exact) mass is 362 g/mol. The number of hydrogen-bond donors (Lipinski definition) is 0. The minimum Gasteiger partial charge on any atom is -0.334 e. The van der Waals surface area contributed by atoms with E-state index in [0.29, 0.717) is 6.04 Å². The molecule has 0 saturated heterocycles. The first-order chi connectivity index (χ1) is 13.8. The minimum atomic E-state index is 0.418. The van der Waals surface area contributed by atoms with Crippen LogP contribution >= 0.6 is 0 Å². The van der Waals surface area contributed by atoms with Gasteiger partial charge in [0, 0.05) is 28.4 Å². The standard InChI is InChI=1S/C26H22N2/c1-20-25-14-8-9-15-26(25)27(20)23-16-18-24(19-17-23)28(21-10-4-2-5-11-21)22-12-6-3-7-13-22/h2-20H,1H3/t20-/m1/s1. The van der Waals surface area contributed by atoms with E-state index in [0.717, 1.165) is 17.1 Å². The van der Waals surface area contributed by atoms with Crippen LogP contribution in [0.4, 0.5) is 28.4 Å². The van der Waals surface area contributed by atoms with Crippen molar-refractivity contribution in [2.45, 2.75) is 13.0 Å². The lowest BCUT2D eigenvalue weighted by atomic mass is 9.93. The molecular formula is C26H22N2. The van der Waals surface area contributed by atoms with Crippen LogP contribution < -0.4 is 9.80 Å². The number of nitrogens with zero attached hydrogens (tertiary/aromatic N) is 2. The van der Waals surface area contributed by atoms with Gasteiger partial charge in [-0.15, -0.1) is 0 Å². The quantitative estimate of drug-likeness (QED) is 0.374. The highest BCUT2D eigenvalue weighted by molar-refractivity contribution is 5.80. The van der Waals surface area contributed by atoms with Crippen molar-refractivity contribution in [2.24, 2.45) is 0 Å². The highest BCUT2D eigenvalue weighted by atomic mass is 15.2. The van der Waals surface area contributed by atoms with E-state index in [1.165, 1.54) is 16.9 Å². The Morgan fingerprint density at radius 3 is 1.68 bits per heavy atom. The molecule has 2 nitrogen and oxygen atoms in total. The molecule has 4 aromatic carbocycles. The molecule has 0 aliphatic carbocycles. The van der Waals surface area contributed by atoms with Crippen LogP contribution in [-0.2, 0) is 0 Å². The number of fused-ring (bicyclic) bond motifs is 1. The fraction of sp³-hybridized carbons (Fsp3) is 0.0769. The fourth-order valence-corrected chi connectivity index (χ4v) is 4.07. The summed E-state index contributed by atoms with van der Waals surface area (Å²) in [5.41, 5.74) is 7.43. The van der Waals surface area contributed by atoms with Crippen molar-refractivity contribution >= 4 is 28.4 Å². The molecule has 1 aliphatic rings. The van der Waals surface area contributed by atoms with Crippen LogP contribution in [0.15, 0.2) is 109 Å². The van der Waals surface area contributed by atoms with Crippen LogP contribution in [0.25, 0.3) is 0 Å². The summed E-state index contributed by atoms with van der Waals surface area (Å²) in [5.74, 6) is 0. The summed E-state index contributed by atoms with van der Waals surface area (Å²) in [6, 6.07) is 39.0. The van der Waals surface area contributed by atoms with Gasteiger partial charge in [-0.25, -0.2) is 0 Å². The molecule has 1 atom stereocenters. The van der Waals surface area contributed by atoms with Crippen LogP contribution in [-0.4, -0.2) is 0 Å². The lowest BCUT2D eigenvalue weighted by Gasteiger charge is -2.43. The molecule has 1 heterocycles. The van der Waals surface area contributed by atoms with Gasteiger partial charge in [0.2, 0.25) is 0 Å². The summed E-state index contributed by atoms with van der Waals surface area (Å²) in [5, 5.41) is 0. The Morgan fingerprint density at radius 2 is 1.07 bits per heavy atom. The van der Waals surface area contributed by atoms with Gasteiger partial charge in [0.05, 0.1) is 6.04 Å². The van der Waals surface area contributed by atoms with Gasteiger partial charge in [0.15, 0.2) is 0 Å². The highest BCUT2D eigenvalue weighted by Crippen LogP contribution is 2.48. The molecule has 0 unspecified atom stereocenters. The maximum atomic E-state index is 2.40. The first-order valence-electron chi connectivity index (χ1n) is 9.71. The predicted octanol–water partition coefficient (Wildman–Crippen LogP) is 7.37. The van der Waals surface area contributed by atoms with E-state index in [4.69, 9.17) is 0 Å². The molecule has 0 spiro atoms. The second kappa shape index (κ2) is 6.90. The summed E-state index contributed by atoms with van der Waals surface area (Å²) < 4.78 is 0. The van der Waals surface area contributed by atoms with E-state index >= 15 is 0 Å². The van der Waals surface area contributed by atoms with Crippen molar-refractivity contribution in [1.82, 2.24) is 0 Å². The molecule has 1 aliphatic heterocycles. The second-order valence-electron chi connectivity index (χ2n) is 7.13. The molecule has 136 valence electrons.